The summed E-state index contributed by atoms with van der Waals surface area (Å²) in [6.45, 7) is 0. The lowest BCUT2D eigenvalue weighted by Gasteiger charge is -1.91. The average molecular weight is 252 g/mol. The minimum atomic E-state index is -3.91. The number of aromatic nitrogens is 3. The summed E-state index contributed by atoms with van der Waals surface area (Å²) in [4.78, 5) is 3.69. The normalized spacial score (nSPS) is 12.1. The third-order valence-electron chi connectivity index (χ3n) is 1.51. The van der Waals surface area contributed by atoms with E-state index in [9.17, 15) is 8.42 Å². The number of rotatable bonds is 1. The molecule has 2 rings (SSSR count). The standard InChI is InChI=1S/C6H3Cl2N3O2S/c7-4-2-1-3-5-9-6(10-11(4)5)14(8,12)13/h1-3H. The molecular formula is C6H3Cl2N3O2S. The van der Waals surface area contributed by atoms with Crippen LogP contribution in [0.2, 0.25) is 5.15 Å². The third-order valence-corrected chi connectivity index (χ3v) is 2.82. The van der Waals surface area contributed by atoms with Gasteiger partial charge < -0.3 is 0 Å². The molecule has 0 bridgehead atoms. The highest BCUT2D eigenvalue weighted by Gasteiger charge is 2.17. The second-order valence-corrected chi connectivity index (χ2v) is 5.30. The van der Waals surface area contributed by atoms with Crippen LogP contribution in [0.25, 0.3) is 5.65 Å². The van der Waals surface area contributed by atoms with Gasteiger partial charge in [-0.05, 0) is 12.1 Å². The lowest BCUT2D eigenvalue weighted by Crippen LogP contribution is -1.94. The predicted molar refractivity (Wildman–Crippen MR) is 51.0 cm³/mol. The molecule has 5 nitrogen and oxygen atoms in total. The van der Waals surface area contributed by atoms with Gasteiger partial charge in [-0.3, -0.25) is 0 Å². The van der Waals surface area contributed by atoms with Crippen molar-refractivity contribution in [1.29, 1.82) is 0 Å². The number of hydrogen-bond acceptors (Lipinski definition) is 4. The molecule has 2 aromatic rings. The number of fused-ring (bicyclic) bond motifs is 1. The summed E-state index contributed by atoms with van der Waals surface area (Å²) in [6.07, 6.45) is 0. The van der Waals surface area contributed by atoms with E-state index >= 15 is 0 Å². The van der Waals surface area contributed by atoms with Gasteiger partial charge in [0, 0.05) is 10.7 Å². The summed E-state index contributed by atoms with van der Waals surface area (Å²) in [6, 6.07) is 4.77. The van der Waals surface area contributed by atoms with Crippen molar-refractivity contribution in [2.75, 3.05) is 0 Å². The Bertz CT molecular complexity index is 592. The molecular weight excluding hydrogens is 249 g/mol. The molecule has 0 aliphatic rings. The van der Waals surface area contributed by atoms with Gasteiger partial charge in [0.15, 0.2) is 5.65 Å². The number of hydrogen-bond donors (Lipinski definition) is 0. The highest BCUT2D eigenvalue weighted by Crippen LogP contribution is 2.15. The van der Waals surface area contributed by atoms with E-state index in [0.29, 0.717) is 5.65 Å². The summed E-state index contributed by atoms with van der Waals surface area (Å²) in [5, 5.41) is 3.45. The molecule has 0 radical (unpaired) electrons. The topological polar surface area (TPSA) is 64.3 Å². The first kappa shape index (κ1) is 9.70. The van der Waals surface area contributed by atoms with Crippen LogP contribution in [-0.4, -0.2) is 23.0 Å². The molecule has 8 heteroatoms. The molecule has 0 aromatic carbocycles. The first-order chi connectivity index (χ1) is 6.48. The van der Waals surface area contributed by atoms with Crippen LogP contribution < -0.4 is 0 Å². The maximum absolute atomic E-state index is 10.9. The Morgan fingerprint density at radius 1 is 1.36 bits per heavy atom. The molecule has 0 saturated heterocycles. The predicted octanol–water partition coefficient (Wildman–Crippen LogP) is 1.31. The molecule has 2 heterocycles. The molecule has 0 N–H and O–H groups in total. The summed E-state index contributed by atoms with van der Waals surface area (Å²) < 4.78 is 23.0. The van der Waals surface area contributed by atoms with Crippen LogP contribution in [0.4, 0.5) is 0 Å². The van der Waals surface area contributed by atoms with Gasteiger partial charge in [-0.25, -0.2) is 12.9 Å². The molecule has 0 aliphatic heterocycles. The smallest absolute Gasteiger partial charge is 0.204 e. The van der Waals surface area contributed by atoms with Gasteiger partial charge in [-0.1, -0.05) is 17.7 Å². The second-order valence-electron chi connectivity index (χ2n) is 2.45. The van der Waals surface area contributed by atoms with Crippen molar-refractivity contribution in [3.63, 3.8) is 0 Å². The molecule has 2 aromatic heterocycles. The maximum atomic E-state index is 10.9. The Morgan fingerprint density at radius 2 is 2.07 bits per heavy atom. The Kier molecular flexibility index (Phi) is 2.13. The Hall–Kier alpha value is -0.850. The fourth-order valence-corrected chi connectivity index (χ4v) is 1.73. The third kappa shape index (κ3) is 1.56. The quantitative estimate of drug-likeness (QED) is 0.567. The average Bonchev–Trinajstić information content (AvgIpc) is 2.48. The van der Waals surface area contributed by atoms with Crippen LogP contribution in [0.5, 0.6) is 0 Å². The van der Waals surface area contributed by atoms with E-state index in [2.05, 4.69) is 10.1 Å². The van der Waals surface area contributed by atoms with Gasteiger partial charge in [0.25, 0.3) is 14.2 Å². The van der Waals surface area contributed by atoms with Crippen LogP contribution in [-0.2, 0) is 9.05 Å². The van der Waals surface area contributed by atoms with E-state index in [0.717, 1.165) is 0 Å². The zero-order chi connectivity index (χ0) is 10.3. The SMILES string of the molecule is O=S(=O)(Cl)c1nc2cccc(Cl)n2n1. The first-order valence-corrected chi connectivity index (χ1v) is 6.13. The van der Waals surface area contributed by atoms with E-state index < -0.39 is 14.2 Å². The van der Waals surface area contributed by atoms with Gasteiger partial charge in [0.2, 0.25) is 0 Å². The van der Waals surface area contributed by atoms with Crippen molar-refractivity contribution >= 4 is 37.0 Å². The molecule has 14 heavy (non-hydrogen) atoms. The van der Waals surface area contributed by atoms with E-state index in [1.54, 1.807) is 18.2 Å². The van der Waals surface area contributed by atoms with Gasteiger partial charge in [0.05, 0.1) is 0 Å². The summed E-state index contributed by atoms with van der Waals surface area (Å²) >= 11 is 5.74. The molecule has 0 spiro atoms. The van der Waals surface area contributed by atoms with Crippen molar-refractivity contribution in [1.82, 2.24) is 14.6 Å². The van der Waals surface area contributed by atoms with E-state index in [1.807, 2.05) is 0 Å². The molecule has 0 aliphatic carbocycles. The van der Waals surface area contributed by atoms with Crippen LogP contribution in [0, 0.1) is 0 Å². The Balaban J connectivity index is 2.81. The lowest BCUT2D eigenvalue weighted by atomic mass is 10.5. The van der Waals surface area contributed by atoms with Crippen LogP contribution >= 0.6 is 22.3 Å². The van der Waals surface area contributed by atoms with Gasteiger partial charge in [-0.2, -0.15) is 4.98 Å². The number of nitrogens with zero attached hydrogens (tertiary/aromatic N) is 3. The summed E-state index contributed by atoms with van der Waals surface area (Å²) in [5.41, 5.74) is 0.330. The monoisotopic (exact) mass is 251 g/mol. The van der Waals surface area contributed by atoms with Crippen molar-refractivity contribution in [2.24, 2.45) is 0 Å². The van der Waals surface area contributed by atoms with Gasteiger partial charge in [0.1, 0.15) is 5.15 Å². The van der Waals surface area contributed by atoms with Crippen LogP contribution in [0.15, 0.2) is 23.4 Å². The van der Waals surface area contributed by atoms with Crippen molar-refractivity contribution < 1.29 is 8.42 Å². The van der Waals surface area contributed by atoms with E-state index in [-0.39, 0.29) is 5.15 Å². The minimum absolute atomic E-state index is 0.265. The largest absolute Gasteiger partial charge is 0.298 e. The summed E-state index contributed by atoms with van der Waals surface area (Å²) in [7, 11) is 1.16. The zero-order valence-electron chi connectivity index (χ0n) is 6.55. The lowest BCUT2D eigenvalue weighted by molar-refractivity contribution is 0.601. The highest BCUT2D eigenvalue weighted by molar-refractivity contribution is 8.13. The van der Waals surface area contributed by atoms with Crippen molar-refractivity contribution in [2.45, 2.75) is 5.16 Å². The van der Waals surface area contributed by atoms with Crippen molar-refractivity contribution in [3.05, 3.63) is 23.4 Å². The van der Waals surface area contributed by atoms with Crippen molar-refractivity contribution in [3.8, 4) is 0 Å². The summed E-state index contributed by atoms with van der Waals surface area (Å²) in [5.74, 6) is 0. The van der Waals surface area contributed by atoms with Gasteiger partial charge >= 0.3 is 0 Å². The fraction of sp³-hybridized carbons (Fsp3) is 0. The minimum Gasteiger partial charge on any atom is -0.204 e. The number of pyridine rings is 1. The molecule has 0 atom stereocenters. The molecule has 0 unspecified atom stereocenters. The van der Waals surface area contributed by atoms with Gasteiger partial charge in [-0.15, -0.1) is 5.10 Å². The molecule has 0 saturated carbocycles. The second kappa shape index (κ2) is 3.08. The first-order valence-electron chi connectivity index (χ1n) is 3.44. The van der Waals surface area contributed by atoms with Crippen LogP contribution in [0.3, 0.4) is 0 Å². The Labute approximate surface area is 88.7 Å². The zero-order valence-corrected chi connectivity index (χ0v) is 8.88. The fourth-order valence-electron chi connectivity index (χ4n) is 0.957. The van der Waals surface area contributed by atoms with E-state index in [1.165, 1.54) is 4.52 Å². The molecule has 74 valence electrons. The van der Waals surface area contributed by atoms with E-state index in [4.69, 9.17) is 22.3 Å². The maximum Gasteiger partial charge on any atom is 0.298 e. The molecule has 0 amide bonds. The highest BCUT2D eigenvalue weighted by atomic mass is 35.7. The van der Waals surface area contributed by atoms with Crippen LogP contribution in [0.1, 0.15) is 0 Å². The number of halogens is 2. The molecule has 0 fully saturated rings. The Morgan fingerprint density at radius 3 is 2.64 bits per heavy atom.